The molecule has 3 N–H and O–H groups in total. The number of nitrogens with two attached hydrogens (primary N) is 1. The molecule has 1 fully saturated rings. The van der Waals surface area contributed by atoms with Gasteiger partial charge in [0.25, 0.3) is 5.91 Å². The van der Waals surface area contributed by atoms with Crippen molar-refractivity contribution in [2.45, 2.75) is 32.2 Å². The van der Waals surface area contributed by atoms with Crippen LogP contribution in [0.4, 0.5) is 5.69 Å². The Bertz CT molecular complexity index is 453. The van der Waals surface area contributed by atoms with Crippen molar-refractivity contribution >= 4 is 23.2 Å². The molecular formula is C13H17ClN2O. The molecule has 1 amide bonds. The second-order valence-corrected chi connectivity index (χ2v) is 5.60. The van der Waals surface area contributed by atoms with E-state index in [-0.39, 0.29) is 11.4 Å². The van der Waals surface area contributed by atoms with Crippen molar-refractivity contribution in [3.05, 3.63) is 28.8 Å². The minimum absolute atomic E-state index is 0.154. The van der Waals surface area contributed by atoms with E-state index in [4.69, 9.17) is 17.3 Å². The Morgan fingerprint density at radius 1 is 1.47 bits per heavy atom. The van der Waals surface area contributed by atoms with Crippen LogP contribution in [-0.4, -0.2) is 11.4 Å². The number of hydrogen-bond donors (Lipinski definition) is 2. The van der Waals surface area contributed by atoms with Crippen LogP contribution >= 0.6 is 11.6 Å². The van der Waals surface area contributed by atoms with Gasteiger partial charge in [-0.05, 0) is 50.8 Å². The van der Waals surface area contributed by atoms with Gasteiger partial charge in [0.05, 0.1) is 10.6 Å². The minimum atomic E-state index is -0.176. The molecule has 0 spiro atoms. The Morgan fingerprint density at radius 2 is 2.12 bits per heavy atom. The van der Waals surface area contributed by atoms with E-state index in [0.29, 0.717) is 22.2 Å². The Balaban J connectivity index is 2.16. The molecule has 1 aromatic carbocycles. The summed E-state index contributed by atoms with van der Waals surface area (Å²) in [5.41, 5.74) is 6.48. The van der Waals surface area contributed by atoms with E-state index in [2.05, 4.69) is 5.32 Å². The average molecular weight is 253 g/mol. The van der Waals surface area contributed by atoms with Crippen LogP contribution in [0.3, 0.4) is 0 Å². The Morgan fingerprint density at radius 3 is 2.71 bits per heavy atom. The lowest BCUT2D eigenvalue weighted by atomic mass is 9.98. The van der Waals surface area contributed by atoms with Crippen LogP contribution in [0.25, 0.3) is 0 Å². The van der Waals surface area contributed by atoms with Crippen LogP contribution in [-0.2, 0) is 0 Å². The van der Waals surface area contributed by atoms with Crippen LogP contribution in [0.5, 0.6) is 0 Å². The molecule has 0 bridgehead atoms. The SMILES string of the molecule is CC(C)(NC(=O)c1cc(N)ccc1Cl)C1CC1. The van der Waals surface area contributed by atoms with Gasteiger partial charge in [0.15, 0.2) is 0 Å². The van der Waals surface area contributed by atoms with E-state index >= 15 is 0 Å². The first-order chi connectivity index (χ1) is 7.90. The molecule has 17 heavy (non-hydrogen) atoms. The summed E-state index contributed by atoms with van der Waals surface area (Å²) in [7, 11) is 0. The Labute approximate surface area is 106 Å². The molecule has 1 saturated carbocycles. The van der Waals surface area contributed by atoms with Crippen molar-refractivity contribution < 1.29 is 4.79 Å². The fourth-order valence-electron chi connectivity index (χ4n) is 1.98. The summed E-state index contributed by atoms with van der Waals surface area (Å²) in [5.74, 6) is 0.422. The van der Waals surface area contributed by atoms with Gasteiger partial charge in [-0.2, -0.15) is 0 Å². The highest BCUT2D eigenvalue weighted by Crippen LogP contribution is 2.39. The van der Waals surface area contributed by atoms with E-state index in [1.807, 2.05) is 13.8 Å². The second-order valence-electron chi connectivity index (χ2n) is 5.19. The summed E-state index contributed by atoms with van der Waals surface area (Å²) in [4.78, 5) is 12.1. The van der Waals surface area contributed by atoms with Crippen molar-refractivity contribution in [1.29, 1.82) is 0 Å². The molecule has 0 aliphatic heterocycles. The molecule has 0 heterocycles. The highest BCUT2D eigenvalue weighted by molar-refractivity contribution is 6.34. The predicted molar refractivity (Wildman–Crippen MR) is 70.1 cm³/mol. The zero-order valence-corrected chi connectivity index (χ0v) is 10.8. The molecule has 3 nitrogen and oxygen atoms in total. The van der Waals surface area contributed by atoms with Crippen molar-refractivity contribution in [2.75, 3.05) is 5.73 Å². The van der Waals surface area contributed by atoms with E-state index in [1.54, 1.807) is 18.2 Å². The van der Waals surface area contributed by atoms with Gasteiger partial charge < -0.3 is 11.1 Å². The molecule has 1 aromatic rings. The molecule has 92 valence electrons. The molecule has 0 aromatic heterocycles. The van der Waals surface area contributed by atoms with Crippen LogP contribution in [0.15, 0.2) is 18.2 Å². The first kappa shape index (κ1) is 12.2. The number of rotatable bonds is 3. The molecule has 0 unspecified atom stereocenters. The summed E-state index contributed by atoms with van der Waals surface area (Å²) in [6.45, 7) is 4.09. The number of hydrogen-bond acceptors (Lipinski definition) is 2. The van der Waals surface area contributed by atoms with Gasteiger partial charge >= 0.3 is 0 Å². The number of carbonyl (C=O) groups is 1. The predicted octanol–water partition coefficient (Wildman–Crippen LogP) is 2.84. The maximum absolute atomic E-state index is 12.1. The standard InChI is InChI=1S/C13H17ClN2O/c1-13(2,8-3-4-8)16-12(17)10-7-9(15)5-6-11(10)14/h5-8H,3-4,15H2,1-2H3,(H,16,17). The van der Waals surface area contributed by atoms with Crippen molar-refractivity contribution in [3.63, 3.8) is 0 Å². The van der Waals surface area contributed by atoms with Crippen molar-refractivity contribution in [3.8, 4) is 0 Å². The fraction of sp³-hybridized carbons (Fsp3) is 0.462. The quantitative estimate of drug-likeness (QED) is 0.813. The topological polar surface area (TPSA) is 55.1 Å². The van der Waals surface area contributed by atoms with Gasteiger partial charge in [-0.1, -0.05) is 11.6 Å². The van der Waals surface area contributed by atoms with Crippen molar-refractivity contribution in [2.24, 2.45) is 5.92 Å². The zero-order chi connectivity index (χ0) is 12.6. The summed E-state index contributed by atoms with van der Waals surface area (Å²) < 4.78 is 0. The number of anilines is 1. The molecule has 1 aliphatic carbocycles. The number of halogens is 1. The Hall–Kier alpha value is -1.22. The summed E-state index contributed by atoms with van der Waals surface area (Å²) in [5, 5.41) is 3.46. The first-order valence-corrected chi connectivity index (χ1v) is 6.15. The van der Waals surface area contributed by atoms with Crippen LogP contribution in [0, 0.1) is 5.92 Å². The fourth-order valence-corrected chi connectivity index (χ4v) is 2.19. The number of nitrogen functional groups attached to an aromatic ring is 1. The molecule has 0 atom stereocenters. The van der Waals surface area contributed by atoms with E-state index < -0.39 is 0 Å². The van der Waals surface area contributed by atoms with Gasteiger partial charge in [-0.25, -0.2) is 0 Å². The van der Waals surface area contributed by atoms with Crippen LogP contribution in [0.2, 0.25) is 5.02 Å². The zero-order valence-electron chi connectivity index (χ0n) is 10.1. The monoisotopic (exact) mass is 252 g/mol. The molecular weight excluding hydrogens is 236 g/mol. The first-order valence-electron chi connectivity index (χ1n) is 5.77. The summed E-state index contributed by atoms with van der Waals surface area (Å²) in [6.07, 6.45) is 2.36. The maximum Gasteiger partial charge on any atom is 0.253 e. The molecule has 4 heteroatoms. The number of amides is 1. The summed E-state index contributed by atoms with van der Waals surface area (Å²) in [6, 6.07) is 4.95. The normalized spacial score (nSPS) is 15.7. The van der Waals surface area contributed by atoms with Gasteiger partial charge in [0.2, 0.25) is 0 Å². The number of nitrogens with one attached hydrogen (secondary N) is 1. The van der Waals surface area contributed by atoms with Gasteiger partial charge in [-0.15, -0.1) is 0 Å². The minimum Gasteiger partial charge on any atom is -0.399 e. The molecule has 2 rings (SSSR count). The van der Waals surface area contributed by atoms with Gasteiger partial charge in [0.1, 0.15) is 0 Å². The molecule has 0 radical (unpaired) electrons. The van der Waals surface area contributed by atoms with E-state index in [1.165, 1.54) is 12.8 Å². The Kier molecular flexibility index (Phi) is 3.04. The lowest BCUT2D eigenvalue weighted by Crippen LogP contribution is -2.45. The van der Waals surface area contributed by atoms with Crippen molar-refractivity contribution in [1.82, 2.24) is 5.32 Å². The smallest absolute Gasteiger partial charge is 0.253 e. The van der Waals surface area contributed by atoms with E-state index in [0.717, 1.165) is 0 Å². The maximum atomic E-state index is 12.1. The number of benzene rings is 1. The lowest BCUT2D eigenvalue weighted by Gasteiger charge is -2.26. The van der Waals surface area contributed by atoms with Crippen LogP contribution < -0.4 is 11.1 Å². The highest BCUT2D eigenvalue weighted by atomic mass is 35.5. The second kappa shape index (κ2) is 4.22. The average Bonchev–Trinajstić information content (AvgIpc) is 3.04. The third kappa shape index (κ3) is 2.72. The largest absolute Gasteiger partial charge is 0.399 e. The third-order valence-electron chi connectivity index (χ3n) is 3.27. The van der Waals surface area contributed by atoms with Gasteiger partial charge in [-0.3, -0.25) is 4.79 Å². The van der Waals surface area contributed by atoms with E-state index in [9.17, 15) is 4.79 Å². The third-order valence-corrected chi connectivity index (χ3v) is 3.60. The molecule has 1 aliphatic rings. The number of carbonyl (C=O) groups excluding carboxylic acids is 1. The summed E-state index contributed by atoms with van der Waals surface area (Å²) >= 11 is 6.00. The molecule has 0 saturated heterocycles. The van der Waals surface area contributed by atoms with Crippen LogP contribution in [0.1, 0.15) is 37.0 Å². The highest BCUT2D eigenvalue weighted by Gasteiger charge is 2.39. The lowest BCUT2D eigenvalue weighted by molar-refractivity contribution is 0.0903. The van der Waals surface area contributed by atoms with Gasteiger partial charge in [0, 0.05) is 11.2 Å².